The number of hydrogen-bond acceptors (Lipinski definition) is 12. The maximum atomic E-state index is 12.6. The van der Waals surface area contributed by atoms with E-state index in [0.717, 1.165) is 86.1 Å². The molecule has 0 amide bonds. The van der Waals surface area contributed by atoms with E-state index in [0.29, 0.717) is 26.4 Å². The lowest BCUT2D eigenvalue weighted by molar-refractivity contribution is -0.149. The average Bonchev–Trinajstić information content (AvgIpc) is 3.78. The van der Waals surface area contributed by atoms with E-state index < -0.39 is 48.3 Å². The number of hydrogen-bond donors (Lipinski definition) is 0. The molecule has 12 heteroatoms. The minimum absolute atomic E-state index is 0.134. The third-order valence-electron chi connectivity index (χ3n) is 8.52. The van der Waals surface area contributed by atoms with Crippen molar-refractivity contribution in [3.05, 3.63) is 97.1 Å². The number of benzene rings is 2. The summed E-state index contributed by atoms with van der Waals surface area (Å²) in [6, 6.07) is 14.7. The van der Waals surface area contributed by atoms with Gasteiger partial charge in [0.1, 0.15) is 23.7 Å². The number of ether oxygens (including phenoxy) is 8. The van der Waals surface area contributed by atoms with Gasteiger partial charge in [0.25, 0.3) is 0 Å². The Bertz CT molecular complexity index is 1450. The van der Waals surface area contributed by atoms with Gasteiger partial charge in [-0.05, 0) is 98.9 Å². The fourth-order valence-electron chi connectivity index (χ4n) is 5.65. The van der Waals surface area contributed by atoms with Crippen LogP contribution in [0, 0.1) is 0 Å². The Morgan fingerprint density at radius 3 is 1.28 bits per heavy atom. The molecule has 54 heavy (non-hydrogen) atoms. The first kappa shape index (κ1) is 41.6. The maximum Gasteiger partial charge on any atom is 0.331 e. The van der Waals surface area contributed by atoms with Crippen molar-refractivity contribution in [3.63, 3.8) is 0 Å². The zero-order chi connectivity index (χ0) is 38.4. The van der Waals surface area contributed by atoms with Crippen molar-refractivity contribution >= 4 is 36.0 Å². The highest BCUT2D eigenvalue weighted by Crippen LogP contribution is 2.31. The van der Waals surface area contributed by atoms with Gasteiger partial charge in [-0.3, -0.25) is 0 Å². The molecule has 4 atom stereocenters. The molecular formula is C42H50O12. The fraction of sp³-hybridized carbons (Fsp3) is 0.429. The van der Waals surface area contributed by atoms with Crippen LogP contribution in [0.2, 0.25) is 0 Å². The highest BCUT2D eigenvalue weighted by atomic mass is 16.7. The number of rotatable bonds is 24. The molecule has 0 unspecified atom stereocenters. The highest BCUT2D eigenvalue weighted by Gasteiger charge is 2.51. The molecule has 0 spiro atoms. The minimum Gasteiger partial charge on any atom is -0.494 e. The van der Waals surface area contributed by atoms with Crippen LogP contribution in [-0.4, -0.2) is 87.9 Å². The summed E-state index contributed by atoms with van der Waals surface area (Å²) in [7, 11) is 0. The molecule has 2 heterocycles. The van der Waals surface area contributed by atoms with E-state index >= 15 is 0 Å². The molecule has 0 N–H and O–H groups in total. The molecule has 2 aliphatic heterocycles. The summed E-state index contributed by atoms with van der Waals surface area (Å²) in [6.45, 7) is 8.95. The van der Waals surface area contributed by atoms with Gasteiger partial charge in [0, 0.05) is 24.3 Å². The third kappa shape index (κ3) is 15.0. The number of unbranched alkanes of at least 4 members (excludes halogenated alkanes) is 6. The van der Waals surface area contributed by atoms with Crippen LogP contribution in [0.5, 0.6) is 11.5 Å². The predicted octanol–water partition coefficient (Wildman–Crippen LogP) is 6.37. The molecular weight excluding hydrogens is 696 g/mol. The van der Waals surface area contributed by atoms with Crippen LogP contribution in [0.3, 0.4) is 0 Å². The van der Waals surface area contributed by atoms with E-state index in [1.807, 2.05) is 48.5 Å². The molecule has 290 valence electrons. The van der Waals surface area contributed by atoms with Gasteiger partial charge in [0.2, 0.25) is 0 Å². The molecule has 2 fully saturated rings. The Hall–Kier alpha value is -5.20. The van der Waals surface area contributed by atoms with E-state index in [1.165, 1.54) is 12.2 Å². The average molecular weight is 747 g/mol. The van der Waals surface area contributed by atoms with Crippen molar-refractivity contribution in [1.82, 2.24) is 0 Å². The van der Waals surface area contributed by atoms with E-state index in [1.54, 1.807) is 12.2 Å². The van der Waals surface area contributed by atoms with Gasteiger partial charge in [-0.1, -0.05) is 37.4 Å². The number of carbonyl (C=O) groups excluding carboxylic acids is 4. The molecule has 0 bridgehead atoms. The first-order valence-electron chi connectivity index (χ1n) is 18.4. The lowest BCUT2D eigenvalue weighted by Crippen LogP contribution is -2.35. The molecule has 2 aromatic rings. The summed E-state index contributed by atoms with van der Waals surface area (Å²) < 4.78 is 44.3. The molecule has 0 aliphatic carbocycles. The molecule has 0 aromatic heterocycles. The van der Waals surface area contributed by atoms with Crippen molar-refractivity contribution in [1.29, 1.82) is 0 Å². The Kier molecular flexibility index (Phi) is 18.1. The second kappa shape index (κ2) is 23.5. The topological polar surface area (TPSA) is 142 Å². The molecule has 0 radical (unpaired) electrons. The molecule has 0 saturated carbocycles. The van der Waals surface area contributed by atoms with Crippen LogP contribution < -0.4 is 9.47 Å². The van der Waals surface area contributed by atoms with Gasteiger partial charge in [-0.25, -0.2) is 19.2 Å². The summed E-state index contributed by atoms with van der Waals surface area (Å²) in [5.74, 6) is -0.402. The number of carbonyl (C=O) groups is 4. The summed E-state index contributed by atoms with van der Waals surface area (Å²) in [4.78, 5) is 47.2. The van der Waals surface area contributed by atoms with Crippen molar-refractivity contribution in [2.24, 2.45) is 0 Å². The Balaban J connectivity index is 1.08. The van der Waals surface area contributed by atoms with Crippen molar-refractivity contribution in [3.8, 4) is 11.5 Å². The maximum absolute atomic E-state index is 12.6. The monoisotopic (exact) mass is 746 g/mol. The first-order chi connectivity index (χ1) is 26.3. The summed E-state index contributed by atoms with van der Waals surface area (Å²) in [5.41, 5.74) is 1.61. The summed E-state index contributed by atoms with van der Waals surface area (Å²) >= 11 is 0. The van der Waals surface area contributed by atoms with Gasteiger partial charge < -0.3 is 37.9 Å². The predicted molar refractivity (Wildman–Crippen MR) is 200 cm³/mol. The standard InChI is InChI=1S/C42H50O12/c1-3-37(43)49-27-11-7-5-9-25-47-33-19-13-31(14-20-33)17-23-39(45)53-35-29-51-42-36(30-52-41(35)42)54-40(46)24-18-32-15-21-34(22-16-32)48-26-10-6-8-12-28-50-38(44)4-2/h3-4,13-24,35-36,41-42H,1-2,5-12,25-30H2/b23-17+,24-18+/t35-,36+,41-,42-/m1/s1. The molecule has 2 saturated heterocycles. The normalized spacial score (nSPS) is 18.9. The third-order valence-corrected chi connectivity index (χ3v) is 8.52. The van der Waals surface area contributed by atoms with E-state index in [-0.39, 0.29) is 13.2 Å². The lowest BCUT2D eigenvalue weighted by Gasteiger charge is -2.16. The van der Waals surface area contributed by atoms with Crippen LogP contribution in [-0.2, 0) is 47.6 Å². The molecule has 2 aliphatic rings. The molecule has 4 rings (SSSR count). The van der Waals surface area contributed by atoms with Crippen LogP contribution in [0.4, 0.5) is 0 Å². The highest BCUT2D eigenvalue weighted by molar-refractivity contribution is 5.88. The second-order valence-electron chi connectivity index (χ2n) is 12.6. The Labute approximate surface area is 316 Å². The van der Waals surface area contributed by atoms with Crippen LogP contribution in [0.1, 0.15) is 62.5 Å². The van der Waals surface area contributed by atoms with E-state index in [9.17, 15) is 19.2 Å². The fourth-order valence-corrected chi connectivity index (χ4v) is 5.65. The van der Waals surface area contributed by atoms with Gasteiger partial charge in [0.15, 0.2) is 12.2 Å². The van der Waals surface area contributed by atoms with Crippen LogP contribution >= 0.6 is 0 Å². The van der Waals surface area contributed by atoms with Crippen LogP contribution in [0.25, 0.3) is 12.2 Å². The van der Waals surface area contributed by atoms with Gasteiger partial charge in [-0.2, -0.15) is 0 Å². The van der Waals surface area contributed by atoms with E-state index in [2.05, 4.69) is 13.2 Å². The van der Waals surface area contributed by atoms with Crippen molar-refractivity contribution in [2.75, 3.05) is 39.6 Å². The number of esters is 4. The lowest BCUT2D eigenvalue weighted by atomic mass is 10.1. The summed E-state index contributed by atoms with van der Waals surface area (Å²) in [6.07, 6.45) is 13.2. The van der Waals surface area contributed by atoms with Crippen molar-refractivity contribution in [2.45, 2.75) is 75.8 Å². The first-order valence-corrected chi connectivity index (χ1v) is 18.4. The smallest absolute Gasteiger partial charge is 0.331 e. The van der Waals surface area contributed by atoms with Gasteiger partial charge in [0.05, 0.1) is 39.6 Å². The molecule has 2 aromatic carbocycles. The zero-order valence-corrected chi connectivity index (χ0v) is 30.6. The van der Waals surface area contributed by atoms with Crippen molar-refractivity contribution < 1.29 is 57.1 Å². The SMILES string of the molecule is C=CC(=O)OCCCCCCOc1ccc(/C=C/C(=O)O[C@H]2CO[C@H]3[C@@H]2OC[C@H]3OC(=O)/C=C/c2ccc(OCCCCCCOC(=O)C=C)cc2)cc1. The van der Waals surface area contributed by atoms with Crippen LogP contribution in [0.15, 0.2) is 86.0 Å². The van der Waals surface area contributed by atoms with Gasteiger partial charge in [-0.15, -0.1) is 0 Å². The second-order valence-corrected chi connectivity index (χ2v) is 12.6. The number of fused-ring (bicyclic) bond motifs is 1. The minimum atomic E-state index is -0.626. The zero-order valence-electron chi connectivity index (χ0n) is 30.6. The van der Waals surface area contributed by atoms with Gasteiger partial charge >= 0.3 is 23.9 Å². The summed E-state index contributed by atoms with van der Waals surface area (Å²) in [5, 5.41) is 0. The van der Waals surface area contributed by atoms with E-state index in [4.69, 9.17) is 37.9 Å². The Morgan fingerprint density at radius 2 is 0.907 bits per heavy atom. The largest absolute Gasteiger partial charge is 0.494 e. The Morgan fingerprint density at radius 1 is 0.537 bits per heavy atom. The molecule has 12 nitrogen and oxygen atoms in total. The quantitative estimate of drug-likeness (QED) is 0.0510.